The Kier molecular flexibility index (Phi) is 6.33. The molecule has 0 bridgehead atoms. The predicted octanol–water partition coefficient (Wildman–Crippen LogP) is 2.94. The van der Waals surface area contributed by atoms with E-state index in [1.165, 1.54) is 6.07 Å². The van der Waals surface area contributed by atoms with Gasteiger partial charge in [-0.2, -0.15) is 9.71 Å². The van der Waals surface area contributed by atoms with E-state index in [2.05, 4.69) is 19.8 Å². The van der Waals surface area contributed by atoms with E-state index in [-0.39, 0.29) is 10.8 Å². The first-order valence-electron chi connectivity index (χ1n) is 11.9. The van der Waals surface area contributed by atoms with Crippen molar-refractivity contribution >= 4 is 21.6 Å². The van der Waals surface area contributed by atoms with Gasteiger partial charge in [0.1, 0.15) is 0 Å². The fourth-order valence-corrected chi connectivity index (χ4v) is 5.79. The summed E-state index contributed by atoms with van der Waals surface area (Å²) < 4.78 is 34.4. The topological polar surface area (TPSA) is 109 Å². The lowest BCUT2D eigenvalue weighted by molar-refractivity contribution is -0.132. The number of carbonyl (C=O) groups excluding carboxylic acids is 1. The molecule has 1 aliphatic heterocycles. The van der Waals surface area contributed by atoms with E-state index in [0.29, 0.717) is 54.9 Å². The van der Waals surface area contributed by atoms with Crippen molar-refractivity contribution in [3.63, 3.8) is 0 Å². The summed E-state index contributed by atoms with van der Waals surface area (Å²) in [4.78, 5) is 21.5. The summed E-state index contributed by atoms with van der Waals surface area (Å²) in [6.45, 7) is 5.78. The third-order valence-electron chi connectivity index (χ3n) is 6.52. The van der Waals surface area contributed by atoms with Crippen molar-refractivity contribution in [2.45, 2.75) is 43.5 Å². The fourth-order valence-electron chi connectivity index (χ4n) is 4.32. The summed E-state index contributed by atoms with van der Waals surface area (Å²) in [5.74, 6) is 1.04. The summed E-state index contributed by atoms with van der Waals surface area (Å²) in [6.07, 6.45) is 2.07. The van der Waals surface area contributed by atoms with E-state index in [0.717, 1.165) is 18.5 Å². The molecule has 2 aliphatic rings. The van der Waals surface area contributed by atoms with Crippen molar-refractivity contribution in [1.29, 1.82) is 0 Å². The lowest BCUT2D eigenvalue weighted by atomic mass is 10.1. The zero-order chi connectivity index (χ0) is 24.6. The maximum Gasteiger partial charge on any atom is 0.241 e. The molecule has 1 atom stereocenters. The van der Waals surface area contributed by atoms with Gasteiger partial charge in [-0.3, -0.25) is 4.79 Å². The standard InChI is InChI=1S/C25H29N5O4S/c1-17-8-9-20(23-26-24(34-27-23)19-10-11-19)16-22(17)35(32,33)28-18(2)25(31)30-14-12-29(13-15-30)21-6-4-3-5-7-21/h3-9,16,18-19,28H,10-15H2,1-2H3/t18-/m0/s1. The highest BCUT2D eigenvalue weighted by atomic mass is 32.2. The first-order valence-corrected chi connectivity index (χ1v) is 13.4. The predicted molar refractivity (Wildman–Crippen MR) is 131 cm³/mol. The monoisotopic (exact) mass is 495 g/mol. The normalized spacial score (nSPS) is 17.4. The van der Waals surface area contributed by atoms with E-state index in [1.54, 1.807) is 30.9 Å². The summed E-state index contributed by atoms with van der Waals surface area (Å²) >= 11 is 0. The molecule has 184 valence electrons. The van der Waals surface area contributed by atoms with Crippen LogP contribution in [0.15, 0.2) is 57.9 Å². The molecular weight excluding hydrogens is 466 g/mol. The van der Waals surface area contributed by atoms with Gasteiger partial charge in [0.05, 0.1) is 10.9 Å². The van der Waals surface area contributed by atoms with Gasteiger partial charge in [-0.1, -0.05) is 35.5 Å². The van der Waals surface area contributed by atoms with E-state index in [1.807, 2.05) is 30.3 Å². The van der Waals surface area contributed by atoms with Crippen molar-refractivity contribution in [2.75, 3.05) is 31.1 Å². The first-order chi connectivity index (χ1) is 16.8. The van der Waals surface area contributed by atoms with Crippen molar-refractivity contribution in [3.8, 4) is 11.4 Å². The molecule has 5 rings (SSSR count). The number of aromatic nitrogens is 2. The van der Waals surface area contributed by atoms with Crippen LogP contribution in [0.4, 0.5) is 5.69 Å². The zero-order valence-corrected chi connectivity index (χ0v) is 20.7. The Bertz CT molecular complexity index is 1310. The van der Waals surface area contributed by atoms with Crippen LogP contribution in [0.3, 0.4) is 0 Å². The highest BCUT2D eigenvalue weighted by Crippen LogP contribution is 2.39. The SMILES string of the molecule is Cc1ccc(-c2noc(C3CC3)n2)cc1S(=O)(=O)N[C@@H](C)C(=O)N1CCN(c2ccccc2)CC1. The Hall–Kier alpha value is -3.24. The van der Waals surface area contributed by atoms with Crippen LogP contribution < -0.4 is 9.62 Å². The average molecular weight is 496 g/mol. The fraction of sp³-hybridized carbons (Fsp3) is 0.400. The minimum absolute atomic E-state index is 0.0984. The van der Waals surface area contributed by atoms with Crippen LogP contribution in [0.25, 0.3) is 11.4 Å². The maximum atomic E-state index is 13.2. The Balaban J connectivity index is 1.25. The van der Waals surface area contributed by atoms with Crippen LogP contribution in [0.5, 0.6) is 0 Å². The van der Waals surface area contributed by atoms with Gasteiger partial charge in [-0.05, 0) is 50.5 Å². The van der Waals surface area contributed by atoms with Gasteiger partial charge in [0.15, 0.2) is 0 Å². The van der Waals surface area contributed by atoms with Gasteiger partial charge < -0.3 is 14.3 Å². The summed E-state index contributed by atoms with van der Waals surface area (Å²) in [6, 6.07) is 14.2. The Morgan fingerprint density at radius 1 is 1.09 bits per heavy atom. The largest absolute Gasteiger partial charge is 0.368 e. The number of carbonyl (C=O) groups is 1. The van der Waals surface area contributed by atoms with Gasteiger partial charge in [0.25, 0.3) is 0 Å². The molecule has 2 fully saturated rings. The average Bonchev–Trinajstić information content (AvgIpc) is 3.60. The zero-order valence-electron chi connectivity index (χ0n) is 19.8. The van der Waals surface area contributed by atoms with Gasteiger partial charge in [0, 0.05) is 43.3 Å². The molecule has 3 aromatic rings. The van der Waals surface area contributed by atoms with Crippen LogP contribution in [0.1, 0.15) is 37.1 Å². The van der Waals surface area contributed by atoms with Crippen LogP contribution in [0, 0.1) is 6.92 Å². The van der Waals surface area contributed by atoms with Gasteiger partial charge in [-0.15, -0.1) is 0 Å². The summed E-state index contributed by atoms with van der Waals surface area (Å²) in [5, 5.41) is 4.01. The summed E-state index contributed by atoms with van der Waals surface area (Å²) in [5.41, 5.74) is 2.25. The molecule has 1 saturated carbocycles. The number of hydrogen-bond donors (Lipinski definition) is 1. The van der Waals surface area contributed by atoms with Gasteiger partial charge in [-0.25, -0.2) is 8.42 Å². The number of rotatable bonds is 7. The molecule has 0 radical (unpaired) electrons. The number of nitrogens with one attached hydrogen (secondary N) is 1. The number of nitrogens with zero attached hydrogens (tertiary/aromatic N) is 4. The molecule has 10 heteroatoms. The van der Waals surface area contributed by atoms with E-state index < -0.39 is 16.1 Å². The molecule has 35 heavy (non-hydrogen) atoms. The Morgan fingerprint density at radius 2 is 1.80 bits per heavy atom. The third kappa shape index (κ3) is 5.08. The molecule has 9 nitrogen and oxygen atoms in total. The smallest absolute Gasteiger partial charge is 0.241 e. The van der Waals surface area contributed by atoms with Crippen LogP contribution >= 0.6 is 0 Å². The molecule has 0 unspecified atom stereocenters. The van der Waals surface area contributed by atoms with Gasteiger partial charge in [0.2, 0.25) is 27.6 Å². The molecule has 1 aromatic heterocycles. The van der Waals surface area contributed by atoms with Crippen LogP contribution in [0.2, 0.25) is 0 Å². The number of amides is 1. The number of piperazine rings is 1. The van der Waals surface area contributed by atoms with Crippen molar-refractivity contribution in [3.05, 3.63) is 60.0 Å². The van der Waals surface area contributed by atoms with E-state index in [4.69, 9.17) is 4.52 Å². The lowest BCUT2D eigenvalue weighted by Gasteiger charge is -2.37. The molecule has 2 heterocycles. The van der Waals surface area contributed by atoms with E-state index >= 15 is 0 Å². The number of sulfonamides is 1. The van der Waals surface area contributed by atoms with Crippen LogP contribution in [-0.4, -0.2) is 61.6 Å². The molecule has 1 N–H and O–H groups in total. The molecule has 1 saturated heterocycles. The first kappa shape index (κ1) is 23.5. The quantitative estimate of drug-likeness (QED) is 0.537. The molecular formula is C25H29N5O4S. The lowest BCUT2D eigenvalue weighted by Crippen LogP contribution is -2.54. The van der Waals surface area contributed by atoms with Crippen molar-refractivity contribution in [2.24, 2.45) is 0 Å². The maximum absolute atomic E-state index is 13.2. The molecule has 1 amide bonds. The molecule has 0 spiro atoms. The van der Waals surface area contributed by atoms with Crippen LogP contribution in [-0.2, 0) is 14.8 Å². The highest BCUT2D eigenvalue weighted by molar-refractivity contribution is 7.89. The number of benzene rings is 2. The van der Waals surface area contributed by atoms with Crippen molar-refractivity contribution < 1.29 is 17.7 Å². The second-order valence-corrected chi connectivity index (χ2v) is 10.9. The Morgan fingerprint density at radius 3 is 2.49 bits per heavy atom. The summed E-state index contributed by atoms with van der Waals surface area (Å²) in [7, 11) is -3.95. The third-order valence-corrected chi connectivity index (χ3v) is 8.20. The number of para-hydroxylation sites is 1. The second-order valence-electron chi connectivity index (χ2n) is 9.20. The molecule has 1 aliphatic carbocycles. The van der Waals surface area contributed by atoms with Crippen molar-refractivity contribution in [1.82, 2.24) is 19.8 Å². The van der Waals surface area contributed by atoms with E-state index in [9.17, 15) is 13.2 Å². The Labute approximate surface area is 205 Å². The minimum Gasteiger partial charge on any atom is -0.368 e. The van der Waals surface area contributed by atoms with Gasteiger partial charge >= 0.3 is 0 Å². The second kappa shape index (κ2) is 9.43. The number of aryl methyl sites for hydroxylation is 1. The number of hydrogen-bond acceptors (Lipinski definition) is 7. The highest BCUT2D eigenvalue weighted by Gasteiger charge is 2.31. The minimum atomic E-state index is -3.95. The number of anilines is 1. The molecule has 2 aromatic carbocycles.